The molecule has 1 aromatic carbocycles. The third kappa shape index (κ3) is 4.05. The van der Waals surface area contributed by atoms with Gasteiger partial charge in [0.1, 0.15) is 11.8 Å². The van der Waals surface area contributed by atoms with Crippen LogP contribution in [-0.4, -0.2) is 63.8 Å². The molecule has 1 N–H and O–H groups in total. The van der Waals surface area contributed by atoms with Crippen LogP contribution in [0.25, 0.3) is 0 Å². The maximum Gasteiger partial charge on any atom is 0.338 e. The van der Waals surface area contributed by atoms with E-state index in [9.17, 15) is 9.59 Å². The number of amides is 1. The van der Waals surface area contributed by atoms with E-state index in [4.69, 9.17) is 9.47 Å². The van der Waals surface area contributed by atoms with Crippen molar-refractivity contribution in [3.8, 4) is 5.75 Å². The number of tetrazole rings is 1. The first kappa shape index (κ1) is 20.3. The van der Waals surface area contributed by atoms with Crippen molar-refractivity contribution in [2.24, 2.45) is 0 Å². The summed E-state index contributed by atoms with van der Waals surface area (Å²) in [4.78, 5) is 26.2. The van der Waals surface area contributed by atoms with Crippen LogP contribution in [0, 0.1) is 0 Å². The molecule has 1 atom stereocenters. The number of carbonyl (C=O) groups is 2. The minimum Gasteiger partial charge on any atom is -0.484 e. The lowest BCUT2D eigenvalue weighted by Crippen LogP contribution is -2.34. The van der Waals surface area contributed by atoms with Crippen molar-refractivity contribution in [2.75, 3.05) is 32.1 Å². The number of hydrogen-bond donors (Lipinski definition) is 1. The molecular formula is C19H24N6O4. The lowest BCUT2D eigenvalue weighted by Gasteiger charge is -2.27. The number of likely N-dealkylation sites (N-methyl/N-ethyl adjacent to an activating group) is 1. The van der Waals surface area contributed by atoms with Crippen molar-refractivity contribution in [1.82, 2.24) is 25.1 Å². The first-order valence-corrected chi connectivity index (χ1v) is 9.34. The second kappa shape index (κ2) is 8.72. The summed E-state index contributed by atoms with van der Waals surface area (Å²) in [5.41, 5.74) is 1.81. The van der Waals surface area contributed by atoms with Crippen LogP contribution in [0.4, 0.5) is 5.95 Å². The third-order valence-corrected chi connectivity index (χ3v) is 4.79. The Kier molecular flexibility index (Phi) is 6.10. The number of benzene rings is 1. The number of anilines is 1. The van der Waals surface area contributed by atoms with Crippen molar-refractivity contribution in [3.05, 3.63) is 41.1 Å². The van der Waals surface area contributed by atoms with Gasteiger partial charge in [-0.2, -0.15) is 4.68 Å². The van der Waals surface area contributed by atoms with E-state index in [2.05, 4.69) is 20.8 Å². The molecule has 2 heterocycles. The zero-order valence-electron chi connectivity index (χ0n) is 16.9. The van der Waals surface area contributed by atoms with Gasteiger partial charge in [-0.1, -0.05) is 17.2 Å². The molecule has 0 fully saturated rings. The second-order valence-corrected chi connectivity index (χ2v) is 6.43. The summed E-state index contributed by atoms with van der Waals surface area (Å²) in [6, 6.07) is 6.59. The third-order valence-electron chi connectivity index (χ3n) is 4.79. The van der Waals surface area contributed by atoms with Gasteiger partial charge in [-0.05, 0) is 48.9 Å². The Morgan fingerprint density at radius 3 is 2.52 bits per heavy atom. The molecule has 154 valence electrons. The van der Waals surface area contributed by atoms with Crippen LogP contribution in [0.5, 0.6) is 5.75 Å². The zero-order valence-corrected chi connectivity index (χ0v) is 16.9. The summed E-state index contributed by atoms with van der Waals surface area (Å²) >= 11 is 0. The molecule has 0 saturated heterocycles. The molecule has 10 heteroatoms. The van der Waals surface area contributed by atoms with E-state index in [1.54, 1.807) is 24.0 Å². The number of carbonyl (C=O) groups excluding carboxylic acids is 2. The summed E-state index contributed by atoms with van der Waals surface area (Å²) in [5.74, 6) is 0.458. The van der Waals surface area contributed by atoms with Crippen molar-refractivity contribution in [2.45, 2.75) is 26.8 Å². The molecule has 1 aliphatic heterocycles. The predicted octanol–water partition coefficient (Wildman–Crippen LogP) is 1.38. The quantitative estimate of drug-likeness (QED) is 0.694. The topological polar surface area (TPSA) is 111 Å². The molecule has 0 unspecified atom stereocenters. The van der Waals surface area contributed by atoms with Crippen LogP contribution in [0.3, 0.4) is 0 Å². The normalized spacial score (nSPS) is 15.4. The number of nitrogens with one attached hydrogen (secondary N) is 1. The van der Waals surface area contributed by atoms with Gasteiger partial charge in [0, 0.05) is 18.8 Å². The highest BCUT2D eigenvalue weighted by Crippen LogP contribution is 2.35. The molecule has 0 bridgehead atoms. The first-order valence-electron chi connectivity index (χ1n) is 9.34. The number of hydrogen-bond acceptors (Lipinski definition) is 8. The smallest absolute Gasteiger partial charge is 0.338 e. The van der Waals surface area contributed by atoms with Crippen LogP contribution in [0.2, 0.25) is 0 Å². The van der Waals surface area contributed by atoms with Gasteiger partial charge in [-0.3, -0.25) is 4.79 Å². The van der Waals surface area contributed by atoms with E-state index >= 15 is 0 Å². The van der Waals surface area contributed by atoms with Gasteiger partial charge in [-0.15, -0.1) is 0 Å². The molecule has 0 radical (unpaired) electrons. The Morgan fingerprint density at radius 1 is 1.21 bits per heavy atom. The summed E-state index contributed by atoms with van der Waals surface area (Å²) < 4.78 is 12.1. The van der Waals surface area contributed by atoms with Crippen molar-refractivity contribution >= 4 is 17.8 Å². The van der Waals surface area contributed by atoms with Gasteiger partial charge in [0.15, 0.2) is 6.61 Å². The van der Waals surface area contributed by atoms with Gasteiger partial charge in [0.25, 0.3) is 5.91 Å². The molecule has 1 amide bonds. The van der Waals surface area contributed by atoms with Crippen LogP contribution >= 0.6 is 0 Å². The van der Waals surface area contributed by atoms with Crippen molar-refractivity contribution in [3.63, 3.8) is 0 Å². The SMILES string of the molecule is CCN(CC)C(=O)COc1ccc([C@H]2C(C(=O)OC)=C(C)Nc3nnnn32)cc1. The van der Waals surface area contributed by atoms with Crippen LogP contribution in [-0.2, 0) is 14.3 Å². The van der Waals surface area contributed by atoms with Crippen LogP contribution in [0.1, 0.15) is 32.4 Å². The van der Waals surface area contributed by atoms with Crippen LogP contribution in [0.15, 0.2) is 35.5 Å². The fourth-order valence-corrected chi connectivity index (χ4v) is 3.25. The minimum absolute atomic E-state index is 0.0298. The lowest BCUT2D eigenvalue weighted by atomic mass is 9.96. The van der Waals surface area contributed by atoms with E-state index in [1.807, 2.05) is 26.0 Å². The Hall–Kier alpha value is -3.43. The number of ether oxygens (including phenoxy) is 2. The number of methoxy groups -OCH3 is 1. The van der Waals surface area contributed by atoms with E-state index in [0.717, 1.165) is 5.56 Å². The Balaban J connectivity index is 1.83. The monoisotopic (exact) mass is 400 g/mol. The van der Waals surface area contributed by atoms with Crippen molar-refractivity contribution < 1.29 is 19.1 Å². The molecule has 3 rings (SSSR count). The number of allylic oxidation sites excluding steroid dienone is 1. The molecule has 0 saturated carbocycles. The number of nitrogens with zero attached hydrogens (tertiary/aromatic N) is 5. The van der Waals surface area contributed by atoms with Crippen LogP contribution < -0.4 is 10.1 Å². The molecule has 10 nitrogen and oxygen atoms in total. The lowest BCUT2D eigenvalue weighted by molar-refractivity contribution is -0.136. The maximum absolute atomic E-state index is 12.4. The average Bonchev–Trinajstić information content (AvgIpc) is 3.20. The molecule has 1 aromatic heterocycles. The summed E-state index contributed by atoms with van der Waals surface area (Å²) in [5, 5.41) is 14.6. The second-order valence-electron chi connectivity index (χ2n) is 6.43. The summed E-state index contributed by atoms with van der Waals surface area (Å²) in [6.45, 7) is 6.88. The van der Waals surface area contributed by atoms with Gasteiger partial charge in [0.05, 0.1) is 12.7 Å². The Bertz CT molecular complexity index is 917. The van der Waals surface area contributed by atoms with Crippen molar-refractivity contribution in [1.29, 1.82) is 0 Å². The minimum atomic E-state index is -0.542. The highest BCUT2D eigenvalue weighted by atomic mass is 16.5. The Morgan fingerprint density at radius 2 is 1.90 bits per heavy atom. The number of rotatable bonds is 7. The largest absolute Gasteiger partial charge is 0.484 e. The fourth-order valence-electron chi connectivity index (χ4n) is 3.25. The number of esters is 1. The van der Waals surface area contributed by atoms with Gasteiger partial charge < -0.3 is 19.7 Å². The predicted molar refractivity (Wildman–Crippen MR) is 104 cm³/mol. The molecule has 0 spiro atoms. The molecule has 2 aromatic rings. The molecule has 0 aliphatic carbocycles. The van der Waals surface area contributed by atoms with E-state index in [0.29, 0.717) is 36.1 Å². The highest BCUT2D eigenvalue weighted by molar-refractivity contribution is 5.92. The highest BCUT2D eigenvalue weighted by Gasteiger charge is 2.34. The summed E-state index contributed by atoms with van der Waals surface area (Å²) in [7, 11) is 1.33. The standard InChI is InChI=1S/C19H24N6O4/c1-5-24(6-2)15(26)11-29-14-9-7-13(8-10-14)17-16(18(27)28-4)12(3)20-19-21-22-23-25(17)19/h7-10,17H,5-6,11H2,1-4H3,(H,20,21,23)/t17-/m0/s1. The Labute approximate surface area is 168 Å². The fraction of sp³-hybridized carbons (Fsp3) is 0.421. The van der Waals surface area contributed by atoms with Gasteiger partial charge in [-0.25, -0.2) is 4.79 Å². The molecular weight excluding hydrogens is 376 g/mol. The summed E-state index contributed by atoms with van der Waals surface area (Å²) in [6.07, 6.45) is 0. The van der Waals surface area contributed by atoms with Gasteiger partial charge in [0.2, 0.25) is 5.95 Å². The molecule has 1 aliphatic rings. The maximum atomic E-state index is 12.4. The zero-order chi connectivity index (χ0) is 21.0. The van der Waals surface area contributed by atoms with Gasteiger partial charge >= 0.3 is 5.97 Å². The number of fused-ring (bicyclic) bond motifs is 1. The number of aromatic nitrogens is 4. The van der Waals surface area contributed by atoms with E-state index in [-0.39, 0.29) is 12.5 Å². The molecule has 29 heavy (non-hydrogen) atoms. The first-order chi connectivity index (χ1) is 14.0. The average molecular weight is 400 g/mol. The van der Waals surface area contributed by atoms with E-state index in [1.165, 1.54) is 11.8 Å². The van der Waals surface area contributed by atoms with E-state index < -0.39 is 12.0 Å².